The van der Waals surface area contributed by atoms with Crippen molar-refractivity contribution in [2.75, 3.05) is 29.6 Å². The molecule has 0 saturated carbocycles. The van der Waals surface area contributed by atoms with Gasteiger partial charge >= 0.3 is 5.97 Å². The summed E-state index contributed by atoms with van der Waals surface area (Å²) in [6, 6.07) is -0.942. The lowest BCUT2D eigenvalue weighted by molar-refractivity contribution is -0.150. The van der Waals surface area contributed by atoms with Crippen molar-refractivity contribution in [1.29, 1.82) is 5.41 Å². The van der Waals surface area contributed by atoms with E-state index in [-0.39, 0.29) is 34.7 Å². The average Bonchev–Trinajstić information content (AvgIpc) is 3.53. The van der Waals surface area contributed by atoms with E-state index in [0.29, 0.717) is 31.5 Å². The zero-order chi connectivity index (χ0) is 27.4. The maximum absolute atomic E-state index is 13.0. The van der Waals surface area contributed by atoms with Gasteiger partial charge in [-0.25, -0.2) is 9.78 Å². The minimum absolute atomic E-state index is 0.0313. The highest BCUT2D eigenvalue weighted by molar-refractivity contribution is 8.03. The third-order valence-corrected chi connectivity index (χ3v) is 10.2. The molecular weight excluding hydrogens is 595 g/mol. The topological polar surface area (TPSA) is 223 Å². The van der Waals surface area contributed by atoms with Crippen molar-refractivity contribution >= 4 is 92.4 Å². The number of oxime groups is 1. The van der Waals surface area contributed by atoms with Crippen LogP contribution in [0.3, 0.4) is 0 Å². The van der Waals surface area contributed by atoms with E-state index in [4.69, 9.17) is 21.7 Å². The molecule has 1 fully saturated rings. The standard InChI is InChI=1S/C19H21N9O5S5/c1-2-33-27-10(8-5-35-17(22)23-8)13(29)24-11-14(30)28-12(16(31)32)7(3-34-15(11)28)4-36-18-25-26-19(38-18)37-6-9(20)21/h5,11,15H,2-4,6H2,1H3,(H3,20,21)(H2,22,23)(H,24,29)(H,31,32)/t11-,15+/m1/s1. The van der Waals surface area contributed by atoms with Gasteiger partial charge in [0.2, 0.25) is 0 Å². The van der Waals surface area contributed by atoms with Crippen LogP contribution in [0.15, 0.2) is 30.5 Å². The SMILES string of the molecule is CCON=C(C(=O)N[C@@H]1C(=O)N2C(C(=O)O)=C(CSc3nnc(SCC(=N)N)s3)CS[C@@H]12)c1csc(N)n1. The number of β-lactam (4-membered cyclic amide) rings is 1. The number of nitrogens with zero attached hydrogens (tertiary/aromatic N) is 5. The number of aliphatic carboxylic acids is 1. The molecule has 0 aliphatic carbocycles. The molecule has 4 rings (SSSR count). The number of carbonyl (C=O) groups is 3. The van der Waals surface area contributed by atoms with E-state index in [1.165, 1.54) is 51.5 Å². The van der Waals surface area contributed by atoms with Gasteiger partial charge in [0.25, 0.3) is 11.8 Å². The van der Waals surface area contributed by atoms with Crippen LogP contribution in [0.25, 0.3) is 0 Å². The first-order valence-corrected chi connectivity index (χ1v) is 15.4. The van der Waals surface area contributed by atoms with E-state index in [1.54, 1.807) is 12.3 Å². The van der Waals surface area contributed by atoms with Gasteiger partial charge in [-0.3, -0.25) is 19.9 Å². The summed E-state index contributed by atoms with van der Waals surface area (Å²) in [4.78, 5) is 48.4. The highest BCUT2D eigenvalue weighted by atomic mass is 32.2. The molecule has 2 aliphatic rings. The normalized spacial score (nSPS) is 19.1. The number of hydrogen-bond donors (Lipinski definition) is 5. The van der Waals surface area contributed by atoms with Gasteiger partial charge in [0.05, 0.1) is 5.75 Å². The van der Waals surface area contributed by atoms with Crippen molar-refractivity contribution in [2.24, 2.45) is 10.9 Å². The molecular formula is C19H21N9O5S5. The van der Waals surface area contributed by atoms with E-state index >= 15 is 0 Å². The first-order chi connectivity index (χ1) is 18.2. The quantitative estimate of drug-likeness (QED) is 0.0736. The van der Waals surface area contributed by atoms with Gasteiger partial charge in [-0.05, 0) is 12.5 Å². The smallest absolute Gasteiger partial charge is 0.352 e. The van der Waals surface area contributed by atoms with Crippen LogP contribution in [0.4, 0.5) is 5.13 Å². The number of carboxylic acids is 1. The number of rotatable bonds is 12. The molecule has 0 aromatic carbocycles. The number of thiazole rings is 1. The van der Waals surface area contributed by atoms with E-state index in [9.17, 15) is 19.5 Å². The van der Waals surface area contributed by atoms with Crippen molar-refractivity contribution in [3.8, 4) is 0 Å². The van der Waals surface area contributed by atoms with Crippen LogP contribution in [-0.4, -0.2) is 89.8 Å². The Bertz CT molecular complexity index is 1330. The highest BCUT2D eigenvalue weighted by Crippen LogP contribution is 2.42. The maximum Gasteiger partial charge on any atom is 0.352 e. The fourth-order valence-corrected chi connectivity index (χ4v) is 8.14. The average molecular weight is 616 g/mol. The van der Waals surface area contributed by atoms with Gasteiger partial charge in [-0.15, -0.1) is 33.3 Å². The van der Waals surface area contributed by atoms with Gasteiger partial charge in [0.1, 0.15) is 35.2 Å². The third kappa shape index (κ3) is 6.22. The Kier molecular flexibility index (Phi) is 9.13. The zero-order valence-electron chi connectivity index (χ0n) is 19.6. The Hall–Kier alpha value is -2.87. The number of aromatic nitrogens is 3. The van der Waals surface area contributed by atoms with Crippen molar-refractivity contribution in [3.63, 3.8) is 0 Å². The molecule has 14 nitrogen and oxygen atoms in total. The molecule has 0 spiro atoms. The second-order valence-electron chi connectivity index (χ2n) is 7.48. The minimum Gasteiger partial charge on any atom is -0.477 e. The number of nitrogen functional groups attached to an aromatic ring is 1. The van der Waals surface area contributed by atoms with Crippen LogP contribution in [0, 0.1) is 5.41 Å². The van der Waals surface area contributed by atoms with Gasteiger partial charge < -0.3 is 26.7 Å². The Labute approximate surface area is 236 Å². The largest absolute Gasteiger partial charge is 0.477 e. The molecule has 2 aromatic rings. The molecule has 2 atom stereocenters. The number of hydrogen-bond acceptors (Lipinski definition) is 15. The highest BCUT2D eigenvalue weighted by Gasteiger charge is 2.54. The molecule has 202 valence electrons. The zero-order valence-corrected chi connectivity index (χ0v) is 23.7. The molecule has 2 aromatic heterocycles. The summed E-state index contributed by atoms with van der Waals surface area (Å²) in [6.07, 6.45) is 0. The number of nitrogens with one attached hydrogen (secondary N) is 2. The molecule has 2 aliphatic heterocycles. The molecule has 19 heteroatoms. The van der Waals surface area contributed by atoms with Crippen LogP contribution in [0.5, 0.6) is 0 Å². The molecule has 2 amide bonds. The van der Waals surface area contributed by atoms with Crippen LogP contribution in [-0.2, 0) is 19.2 Å². The fraction of sp³-hybridized carbons (Fsp3) is 0.368. The first kappa shape index (κ1) is 28.1. The lowest BCUT2D eigenvalue weighted by Gasteiger charge is -2.49. The number of carboxylic acid groups (broad SMARTS) is 1. The van der Waals surface area contributed by atoms with Crippen molar-refractivity contribution < 1.29 is 24.3 Å². The van der Waals surface area contributed by atoms with Crippen LogP contribution in [0.2, 0.25) is 0 Å². The Morgan fingerprint density at radius 3 is 2.74 bits per heavy atom. The molecule has 4 heterocycles. The van der Waals surface area contributed by atoms with Gasteiger partial charge in [-0.1, -0.05) is 40.0 Å². The second-order valence-corrected chi connectivity index (χ2v) is 12.9. The Balaban J connectivity index is 1.44. The summed E-state index contributed by atoms with van der Waals surface area (Å²) in [5.74, 6) is -1.47. The summed E-state index contributed by atoms with van der Waals surface area (Å²) >= 11 is 6.41. The van der Waals surface area contributed by atoms with Crippen LogP contribution < -0.4 is 16.8 Å². The van der Waals surface area contributed by atoms with Gasteiger partial charge in [0, 0.05) is 16.9 Å². The Morgan fingerprint density at radius 2 is 2.11 bits per heavy atom. The lowest BCUT2D eigenvalue weighted by Crippen LogP contribution is -2.71. The predicted molar refractivity (Wildman–Crippen MR) is 148 cm³/mol. The van der Waals surface area contributed by atoms with Crippen molar-refractivity contribution in [1.82, 2.24) is 25.4 Å². The van der Waals surface area contributed by atoms with Crippen molar-refractivity contribution in [3.05, 3.63) is 22.3 Å². The second kappa shape index (κ2) is 12.3. The van der Waals surface area contributed by atoms with E-state index in [0.717, 1.165) is 11.3 Å². The molecule has 7 N–H and O–H groups in total. The van der Waals surface area contributed by atoms with Crippen LogP contribution in [0.1, 0.15) is 12.6 Å². The van der Waals surface area contributed by atoms with Crippen LogP contribution >= 0.6 is 58.0 Å². The third-order valence-electron chi connectivity index (χ3n) is 4.91. The number of fused-ring (bicyclic) bond motifs is 1. The van der Waals surface area contributed by atoms with Crippen molar-refractivity contribution in [2.45, 2.75) is 27.0 Å². The predicted octanol–water partition coefficient (Wildman–Crippen LogP) is 0.876. The molecule has 1 saturated heterocycles. The monoisotopic (exact) mass is 615 g/mol. The summed E-state index contributed by atoms with van der Waals surface area (Å²) in [5, 5.41) is 33.0. The number of amidine groups is 1. The number of anilines is 1. The number of carbonyl (C=O) groups excluding carboxylic acids is 2. The first-order valence-electron chi connectivity index (χ1n) is 10.7. The number of amides is 2. The molecule has 0 unspecified atom stereocenters. The lowest BCUT2D eigenvalue weighted by atomic mass is 10.0. The summed E-state index contributed by atoms with van der Waals surface area (Å²) in [5.41, 5.74) is 11.6. The maximum atomic E-state index is 13.0. The van der Waals surface area contributed by atoms with Gasteiger partial charge in [0.15, 0.2) is 19.5 Å². The molecule has 38 heavy (non-hydrogen) atoms. The Morgan fingerprint density at radius 1 is 1.37 bits per heavy atom. The molecule has 0 radical (unpaired) electrons. The summed E-state index contributed by atoms with van der Waals surface area (Å²) in [6.45, 7) is 1.92. The number of thioether (sulfide) groups is 3. The minimum atomic E-state index is -1.23. The summed E-state index contributed by atoms with van der Waals surface area (Å²) < 4.78 is 1.28. The fourth-order valence-electron chi connectivity index (χ4n) is 3.34. The van der Waals surface area contributed by atoms with Gasteiger partial charge in [-0.2, -0.15) is 0 Å². The van der Waals surface area contributed by atoms with E-state index < -0.39 is 29.2 Å². The van der Waals surface area contributed by atoms with E-state index in [2.05, 4.69) is 25.7 Å². The summed E-state index contributed by atoms with van der Waals surface area (Å²) in [7, 11) is 0. The number of nitrogens with two attached hydrogens (primary N) is 2. The molecule has 0 bridgehead atoms. The van der Waals surface area contributed by atoms with E-state index in [1.807, 2.05) is 0 Å².